The van der Waals surface area contributed by atoms with Crippen molar-refractivity contribution in [3.05, 3.63) is 65.2 Å². The number of para-hydroxylation sites is 1. The molecule has 2 aromatic carbocycles. The molecule has 3 amide bonds. The van der Waals surface area contributed by atoms with E-state index in [0.717, 1.165) is 16.2 Å². The Morgan fingerprint density at radius 2 is 1.79 bits per heavy atom. The summed E-state index contributed by atoms with van der Waals surface area (Å²) < 4.78 is 5.65. The van der Waals surface area contributed by atoms with Crippen molar-refractivity contribution in [1.82, 2.24) is 10.2 Å². The molecule has 144 valence electrons. The second kappa shape index (κ2) is 7.67. The van der Waals surface area contributed by atoms with Gasteiger partial charge in [-0.2, -0.15) is 11.8 Å². The maximum Gasteiger partial charge on any atom is 0.262 e. The number of hydrogen-bond donors (Lipinski definition) is 1. The molecule has 1 N–H and O–H groups in total. The summed E-state index contributed by atoms with van der Waals surface area (Å²) in [6, 6.07) is 13.2. The molecule has 0 spiro atoms. The zero-order chi connectivity index (χ0) is 19.7. The molecule has 0 bridgehead atoms. The fourth-order valence-electron chi connectivity index (χ4n) is 3.68. The van der Waals surface area contributed by atoms with E-state index in [0.29, 0.717) is 29.9 Å². The summed E-state index contributed by atoms with van der Waals surface area (Å²) in [5, 5.41) is 3.03. The second-order valence-corrected chi connectivity index (χ2v) is 7.64. The third kappa shape index (κ3) is 3.16. The first kappa shape index (κ1) is 18.6. The molecule has 0 fully saturated rings. The maximum atomic E-state index is 13.1. The number of carbonyl (C=O) groups excluding carboxylic acids is 3. The normalized spacial score (nSPS) is 18.9. The van der Waals surface area contributed by atoms with Crippen LogP contribution in [-0.4, -0.2) is 47.3 Å². The van der Waals surface area contributed by atoms with Gasteiger partial charge in [-0.1, -0.05) is 30.3 Å². The number of imide groups is 1. The topological polar surface area (TPSA) is 75.7 Å². The summed E-state index contributed by atoms with van der Waals surface area (Å²) >= 11 is 1.42. The summed E-state index contributed by atoms with van der Waals surface area (Å²) in [5.74, 6) is -0.0709. The van der Waals surface area contributed by atoms with Crippen LogP contribution >= 0.6 is 11.8 Å². The van der Waals surface area contributed by atoms with Crippen LogP contribution in [0.2, 0.25) is 0 Å². The fraction of sp³-hybridized carbons (Fsp3) is 0.286. The molecule has 4 rings (SSSR count). The van der Waals surface area contributed by atoms with Crippen LogP contribution in [0.3, 0.4) is 0 Å². The average Bonchev–Trinajstić information content (AvgIpc) is 2.97. The minimum Gasteiger partial charge on any atom is -0.493 e. The van der Waals surface area contributed by atoms with Gasteiger partial charge in [0, 0.05) is 17.7 Å². The van der Waals surface area contributed by atoms with Gasteiger partial charge in [0.15, 0.2) is 0 Å². The van der Waals surface area contributed by atoms with E-state index in [1.54, 1.807) is 24.3 Å². The van der Waals surface area contributed by atoms with Crippen LogP contribution < -0.4 is 10.1 Å². The van der Waals surface area contributed by atoms with Crippen molar-refractivity contribution in [2.24, 2.45) is 0 Å². The number of ether oxygens (including phenoxy) is 1. The third-order valence-corrected chi connectivity index (χ3v) is 5.69. The highest BCUT2D eigenvalue weighted by molar-refractivity contribution is 7.98. The molecule has 0 unspecified atom stereocenters. The number of hydrogen-bond acceptors (Lipinski definition) is 5. The first-order valence-electron chi connectivity index (χ1n) is 9.09. The van der Waals surface area contributed by atoms with Crippen molar-refractivity contribution in [1.29, 1.82) is 0 Å². The minimum absolute atomic E-state index is 0.211. The van der Waals surface area contributed by atoms with E-state index in [-0.39, 0.29) is 11.9 Å². The molecule has 0 saturated carbocycles. The Hall–Kier alpha value is -2.80. The van der Waals surface area contributed by atoms with Gasteiger partial charge in [-0.3, -0.25) is 19.3 Å². The molecule has 7 heteroatoms. The van der Waals surface area contributed by atoms with Crippen molar-refractivity contribution >= 4 is 29.5 Å². The molecule has 2 aliphatic rings. The van der Waals surface area contributed by atoms with Gasteiger partial charge in [0.2, 0.25) is 5.91 Å². The fourth-order valence-corrected chi connectivity index (χ4v) is 4.29. The number of amides is 3. The lowest BCUT2D eigenvalue weighted by Crippen LogP contribution is -2.52. The van der Waals surface area contributed by atoms with Crippen molar-refractivity contribution in [3.8, 4) is 5.75 Å². The Morgan fingerprint density at radius 1 is 1.14 bits per heavy atom. The van der Waals surface area contributed by atoms with Crippen LogP contribution in [0.1, 0.15) is 38.7 Å². The number of nitrogens with one attached hydrogen (secondary N) is 1. The van der Waals surface area contributed by atoms with Gasteiger partial charge in [-0.25, -0.2) is 0 Å². The van der Waals surface area contributed by atoms with Crippen LogP contribution in [0.15, 0.2) is 48.5 Å². The third-order valence-electron chi connectivity index (χ3n) is 5.04. The summed E-state index contributed by atoms with van der Waals surface area (Å²) in [6.07, 6.45) is 2.49. The van der Waals surface area contributed by atoms with E-state index < -0.39 is 17.9 Å². The first-order valence-corrected chi connectivity index (χ1v) is 10.5. The van der Waals surface area contributed by atoms with Crippen LogP contribution in [0.5, 0.6) is 5.75 Å². The average molecular weight is 396 g/mol. The van der Waals surface area contributed by atoms with E-state index in [4.69, 9.17) is 4.74 Å². The molecule has 2 atom stereocenters. The molecule has 0 aromatic heterocycles. The Labute approximate surface area is 167 Å². The summed E-state index contributed by atoms with van der Waals surface area (Å²) in [4.78, 5) is 39.9. The van der Waals surface area contributed by atoms with Gasteiger partial charge < -0.3 is 10.1 Å². The predicted molar refractivity (Wildman–Crippen MR) is 107 cm³/mol. The molecule has 28 heavy (non-hydrogen) atoms. The van der Waals surface area contributed by atoms with E-state index in [9.17, 15) is 14.4 Å². The van der Waals surface area contributed by atoms with Crippen molar-refractivity contribution < 1.29 is 19.1 Å². The molecule has 6 nitrogen and oxygen atoms in total. The lowest BCUT2D eigenvalue weighted by Gasteiger charge is -2.30. The summed E-state index contributed by atoms with van der Waals surface area (Å²) in [5.41, 5.74) is 1.61. The lowest BCUT2D eigenvalue weighted by molar-refractivity contribution is -0.125. The van der Waals surface area contributed by atoms with E-state index in [1.807, 2.05) is 30.5 Å². The molecule has 2 aliphatic heterocycles. The molecule has 0 saturated heterocycles. The van der Waals surface area contributed by atoms with Crippen molar-refractivity contribution in [3.63, 3.8) is 0 Å². The first-order chi connectivity index (χ1) is 13.6. The van der Waals surface area contributed by atoms with Crippen LogP contribution in [-0.2, 0) is 4.79 Å². The Morgan fingerprint density at radius 3 is 2.46 bits per heavy atom. The SMILES string of the molecule is CSC[C@H](C(=O)N[C@@H]1CCOc2ccccc21)N1C(=O)c2ccccc2C1=O. The van der Waals surface area contributed by atoms with Crippen molar-refractivity contribution in [2.45, 2.75) is 18.5 Å². The van der Waals surface area contributed by atoms with Crippen LogP contribution in [0.25, 0.3) is 0 Å². The molecule has 2 aromatic rings. The van der Waals surface area contributed by atoms with Gasteiger partial charge in [0.1, 0.15) is 11.8 Å². The number of carbonyl (C=O) groups is 3. The predicted octanol–water partition coefficient (Wildman–Crippen LogP) is 2.65. The highest BCUT2D eigenvalue weighted by Gasteiger charge is 2.43. The highest BCUT2D eigenvalue weighted by Crippen LogP contribution is 2.32. The van der Waals surface area contributed by atoms with E-state index in [2.05, 4.69) is 5.32 Å². The molecular formula is C21H20N2O4S. The highest BCUT2D eigenvalue weighted by atomic mass is 32.2. The molecule has 0 radical (unpaired) electrons. The van der Waals surface area contributed by atoms with E-state index >= 15 is 0 Å². The number of rotatable bonds is 5. The number of fused-ring (bicyclic) bond motifs is 2. The number of nitrogens with zero attached hydrogens (tertiary/aromatic N) is 1. The standard InChI is InChI=1S/C21H20N2O4S/c1-28-12-17(23-20(25)13-6-2-3-7-14(13)21(23)26)19(24)22-16-10-11-27-18-9-5-4-8-15(16)18/h2-9,16-17H,10-12H2,1H3,(H,22,24)/t16-,17-/m1/s1. The molecular weight excluding hydrogens is 376 g/mol. The zero-order valence-corrected chi connectivity index (χ0v) is 16.2. The summed E-state index contributed by atoms with van der Waals surface area (Å²) in [7, 11) is 0. The maximum absolute atomic E-state index is 13.1. The number of thioether (sulfide) groups is 1. The van der Waals surface area contributed by atoms with Crippen molar-refractivity contribution in [2.75, 3.05) is 18.6 Å². The van der Waals surface area contributed by atoms with Crippen LogP contribution in [0, 0.1) is 0 Å². The monoisotopic (exact) mass is 396 g/mol. The van der Waals surface area contributed by atoms with Gasteiger partial charge in [-0.15, -0.1) is 0 Å². The lowest BCUT2D eigenvalue weighted by atomic mass is 10.00. The Balaban J connectivity index is 1.59. The van der Waals surface area contributed by atoms with Gasteiger partial charge in [0.25, 0.3) is 11.8 Å². The van der Waals surface area contributed by atoms with Gasteiger partial charge in [-0.05, 0) is 24.5 Å². The summed E-state index contributed by atoms with van der Waals surface area (Å²) in [6.45, 7) is 0.502. The Kier molecular flexibility index (Phi) is 5.09. The second-order valence-electron chi connectivity index (χ2n) is 6.73. The molecule has 0 aliphatic carbocycles. The van der Waals surface area contributed by atoms with Crippen LogP contribution in [0.4, 0.5) is 0 Å². The van der Waals surface area contributed by atoms with E-state index in [1.165, 1.54) is 11.8 Å². The number of benzene rings is 2. The van der Waals surface area contributed by atoms with Gasteiger partial charge >= 0.3 is 0 Å². The Bertz CT molecular complexity index is 911. The smallest absolute Gasteiger partial charge is 0.262 e. The quantitative estimate of drug-likeness (QED) is 0.787. The van der Waals surface area contributed by atoms with Gasteiger partial charge in [0.05, 0.1) is 23.8 Å². The largest absolute Gasteiger partial charge is 0.493 e. The zero-order valence-electron chi connectivity index (χ0n) is 15.4. The minimum atomic E-state index is -0.864. The molecule has 2 heterocycles.